The second-order valence-corrected chi connectivity index (χ2v) is 3.51. The molecule has 6 heteroatoms. The van der Waals surface area contributed by atoms with E-state index in [1.807, 2.05) is 5.43 Å². The third-order valence-electron chi connectivity index (χ3n) is 2.17. The fourth-order valence-electron chi connectivity index (χ4n) is 1.20. The molecule has 0 spiro atoms. The van der Waals surface area contributed by atoms with E-state index in [2.05, 4.69) is 5.32 Å². The third kappa shape index (κ3) is 4.98. The molecule has 1 aromatic carbocycles. The number of phenols is 1. The molecule has 2 amide bonds. The predicted octanol–water partition coefficient (Wildman–Crippen LogP) is -0.222. The van der Waals surface area contributed by atoms with Gasteiger partial charge in [-0.1, -0.05) is 12.1 Å². The van der Waals surface area contributed by atoms with E-state index in [0.717, 1.165) is 5.56 Å². The Morgan fingerprint density at radius 1 is 1.12 bits per heavy atom. The van der Waals surface area contributed by atoms with Crippen LogP contribution in [0, 0.1) is 0 Å². The number of hydrazine groups is 1. The molecule has 0 saturated carbocycles. The van der Waals surface area contributed by atoms with Gasteiger partial charge in [0.2, 0.25) is 11.8 Å². The van der Waals surface area contributed by atoms with Crippen molar-refractivity contribution in [2.75, 3.05) is 0 Å². The summed E-state index contributed by atoms with van der Waals surface area (Å²) in [6.45, 7) is 0.364. The minimum atomic E-state index is -0.371. The molecule has 0 unspecified atom stereocenters. The number of phenolic OH excluding ortho intramolecular Hbond substituents is 1. The number of nitrogens with one attached hydrogen (secondary N) is 2. The molecule has 0 aliphatic carbocycles. The van der Waals surface area contributed by atoms with Gasteiger partial charge in [0.25, 0.3) is 0 Å². The van der Waals surface area contributed by atoms with Crippen molar-refractivity contribution in [1.29, 1.82) is 0 Å². The predicted molar refractivity (Wildman–Crippen MR) is 61.5 cm³/mol. The second-order valence-electron chi connectivity index (χ2n) is 3.51. The molecule has 6 nitrogen and oxygen atoms in total. The Kier molecular flexibility index (Phi) is 4.96. The molecular formula is C11H15N3O3. The molecule has 0 saturated heterocycles. The number of rotatable bonds is 5. The molecule has 0 bridgehead atoms. The summed E-state index contributed by atoms with van der Waals surface area (Å²) in [5.41, 5.74) is 2.83. The summed E-state index contributed by atoms with van der Waals surface area (Å²) in [6, 6.07) is 6.51. The van der Waals surface area contributed by atoms with E-state index in [1.165, 1.54) is 0 Å². The van der Waals surface area contributed by atoms with Crippen molar-refractivity contribution in [3.8, 4) is 5.75 Å². The van der Waals surface area contributed by atoms with Gasteiger partial charge < -0.3 is 10.4 Å². The highest BCUT2D eigenvalue weighted by Gasteiger charge is 2.05. The van der Waals surface area contributed by atoms with E-state index < -0.39 is 0 Å². The topological polar surface area (TPSA) is 104 Å². The first kappa shape index (κ1) is 13.0. The fraction of sp³-hybridized carbons (Fsp3) is 0.273. The lowest BCUT2D eigenvalue weighted by molar-refractivity contribution is -0.126. The van der Waals surface area contributed by atoms with E-state index in [1.54, 1.807) is 24.3 Å². The molecule has 1 rings (SSSR count). The van der Waals surface area contributed by atoms with Gasteiger partial charge in [0, 0.05) is 19.4 Å². The van der Waals surface area contributed by atoms with Crippen LogP contribution < -0.4 is 16.6 Å². The van der Waals surface area contributed by atoms with Crippen LogP contribution in [0.5, 0.6) is 5.75 Å². The Labute approximate surface area is 98.8 Å². The van der Waals surface area contributed by atoms with Gasteiger partial charge in [-0.25, -0.2) is 5.84 Å². The molecular weight excluding hydrogens is 222 g/mol. The number of aromatic hydroxyl groups is 1. The quantitative estimate of drug-likeness (QED) is 0.323. The van der Waals surface area contributed by atoms with Gasteiger partial charge in [-0.2, -0.15) is 0 Å². The lowest BCUT2D eigenvalue weighted by atomic mass is 10.2. The minimum absolute atomic E-state index is 0.0674. The number of benzene rings is 1. The zero-order chi connectivity index (χ0) is 12.7. The Morgan fingerprint density at radius 2 is 1.71 bits per heavy atom. The van der Waals surface area contributed by atoms with Gasteiger partial charge in [0.05, 0.1) is 0 Å². The van der Waals surface area contributed by atoms with Crippen molar-refractivity contribution in [1.82, 2.24) is 10.7 Å². The maximum absolute atomic E-state index is 11.3. The summed E-state index contributed by atoms with van der Waals surface area (Å²) in [7, 11) is 0. The van der Waals surface area contributed by atoms with Crippen LogP contribution in [0.4, 0.5) is 0 Å². The van der Waals surface area contributed by atoms with E-state index in [9.17, 15) is 9.59 Å². The summed E-state index contributed by atoms with van der Waals surface area (Å²) in [4.78, 5) is 22.1. The first-order valence-corrected chi connectivity index (χ1v) is 5.16. The maximum Gasteiger partial charge on any atom is 0.234 e. The first-order chi connectivity index (χ1) is 8.11. The monoisotopic (exact) mass is 237 g/mol. The average molecular weight is 237 g/mol. The van der Waals surface area contributed by atoms with Gasteiger partial charge in [-0.15, -0.1) is 0 Å². The average Bonchev–Trinajstić information content (AvgIpc) is 2.35. The van der Waals surface area contributed by atoms with E-state index in [0.29, 0.717) is 6.54 Å². The first-order valence-electron chi connectivity index (χ1n) is 5.16. The standard InChI is InChI=1S/C11H15N3O3/c12-14-11(17)6-5-10(16)13-7-8-1-3-9(15)4-2-8/h1-4,15H,5-7,12H2,(H,13,16)(H,14,17). The number of amides is 2. The third-order valence-corrected chi connectivity index (χ3v) is 2.17. The van der Waals surface area contributed by atoms with E-state index in [-0.39, 0.29) is 30.4 Å². The number of carbonyl (C=O) groups is 2. The van der Waals surface area contributed by atoms with Crippen molar-refractivity contribution in [3.63, 3.8) is 0 Å². The number of carbonyl (C=O) groups excluding carboxylic acids is 2. The Balaban J connectivity index is 2.28. The van der Waals surface area contributed by atoms with E-state index >= 15 is 0 Å². The fourth-order valence-corrected chi connectivity index (χ4v) is 1.20. The molecule has 92 valence electrons. The van der Waals surface area contributed by atoms with Crippen LogP contribution in [-0.2, 0) is 16.1 Å². The number of nitrogens with two attached hydrogens (primary N) is 1. The van der Waals surface area contributed by atoms with Crippen LogP contribution in [0.3, 0.4) is 0 Å². The molecule has 0 radical (unpaired) electrons. The van der Waals surface area contributed by atoms with Gasteiger partial charge in [-0.3, -0.25) is 15.0 Å². The zero-order valence-electron chi connectivity index (χ0n) is 9.27. The van der Waals surface area contributed by atoms with Gasteiger partial charge >= 0.3 is 0 Å². The molecule has 0 aliphatic rings. The molecule has 1 aromatic rings. The Morgan fingerprint density at radius 3 is 2.29 bits per heavy atom. The van der Waals surface area contributed by atoms with Crippen molar-refractivity contribution < 1.29 is 14.7 Å². The second kappa shape index (κ2) is 6.49. The SMILES string of the molecule is NNC(=O)CCC(=O)NCc1ccc(O)cc1. The highest BCUT2D eigenvalue weighted by Crippen LogP contribution is 2.09. The summed E-state index contributed by atoms with van der Waals surface area (Å²) in [5.74, 6) is 4.47. The van der Waals surface area contributed by atoms with Crippen LogP contribution in [0.1, 0.15) is 18.4 Å². The van der Waals surface area contributed by atoms with Gasteiger partial charge in [0.15, 0.2) is 0 Å². The van der Waals surface area contributed by atoms with Crippen molar-refractivity contribution >= 4 is 11.8 Å². The van der Waals surface area contributed by atoms with Crippen molar-refractivity contribution in [3.05, 3.63) is 29.8 Å². The number of hydrogen-bond acceptors (Lipinski definition) is 4. The summed E-state index contributed by atoms with van der Waals surface area (Å²) in [6.07, 6.45) is 0.166. The molecule has 0 atom stereocenters. The highest BCUT2D eigenvalue weighted by atomic mass is 16.3. The Hall–Kier alpha value is -2.08. The molecule has 0 aromatic heterocycles. The zero-order valence-corrected chi connectivity index (χ0v) is 9.27. The Bertz CT molecular complexity index is 389. The molecule has 0 aliphatic heterocycles. The van der Waals surface area contributed by atoms with Crippen LogP contribution in [-0.4, -0.2) is 16.9 Å². The molecule has 0 heterocycles. The number of hydrogen-bond donors (Lipinski definition) is 4. The lowest BCUT2D eigenvalue weighted by Crippen LogP contribution is -2.31. The normalized spacial score (nSPS) is 9.71. The van der Waals surface area contributed by atoms with Crippen molar-refractivity contribution in [2.24, 2.45) is 5.84 Å². The van der Waals surface area contributed by atoms with Crippen molar-refractivity contribution in [2.45, 2.75) is 19.4 Å². The summed E-state index contributed by atoms with van der Waals surface area (Å²) in [5, 5.41) is 11.7. The van der Waals surface area contributed by atoms with Crippen LogP contribution in [0.25, 0.3) is 0 Å². The van der Waals surface area contributed by atoms with Crippen LogP contribution in [0.15, 0.2) is 24.3 Å². The summed E-state index contributed by atoms with van der Waals surface area (Å²) >= 11 is 0. The minimum Gasteiger partial charge on any atom is -0.508 e. The lowest BCUT2D eigenvalue weighted by Gasteiger charge is -2.05. The maximum atomic E-state index is 11.3. The van der Waals surface area contributed by atoms with Gasteiger partial charge in [0.1, 0.15) is 5.75 Å². The summed E-state index contributed by atoms with van der Waals surface area (Å²) < 4.78 is 0. The smallest absolute Gasteiger partial charge is 0.234 e. The van der Waals surface area contributed by atoms with Gasteiger partial charge in [-0.05, 0) is 17.7 Å². The molecule has 0 fully saturated rings. The highest BCUT2D eigenvalue weighted by molar-refractivity contribution is 5.83. The molecule has 17 heavy (non-hydrogen) atoms. The van der Waals surface area contributed by atoms with E-state index in [4.69, 9.17) is 10.9 Å². The molecule has 5 N–H and O–H groups in total. The largest absolute Gasteiger partial charge is 0.508 e. The van der Waals surface area contributed by atoms with Crippen LogP contribution in [0.2, 0.25) is 0 Å². The van der Waals surface area contributed by atoms with Crippen LogP contribution >= 0.6 is 0 Å².